The van der Waals surface area contributed by atoms with Crippen LogP contribution in [0.2, 0.25) is 0 Å². The SMILES string of the molecule is COCCNC(=O)C(C)c1c(C(C)=O)c(O)cc(O)c1-c1cccc(OC)c1. The van der Waals surface area contributed by atoms with E-state index in [1.54, 1.807) is 31.2 Å². The van der Waals surface area contributed by atoms with Gasteiger partial charge in [0.1, 0.15) is 17.2 Å². The fourth-order valence-electron chi connectivity index (χ4n) is 3.12. The van der Waals surface area contributed by atoms with E-state index < -0.39 is 11.7 Å². The van der Waals surface area contributed by atoms with Crippen LogP contribution >= 0.6 is 0 Å². The lowest BCUT2D eigenvalue weighted by Crippen LogP contribution is -2.31. The van der Waals surface area contributed by atoms with Gasteiger partial charge in [-0.1, -0.05) is 12.1 Å². The summed E-state index contributed by atoms with van der Waals surface area (Å²) in [6, 6.07) is 8.02. The molecule has 7 heteroatoms. The number of amides is 1. The number of ether oxygens (including phenoxy) is 2. The van der Waals surface area contributed by atoms with Crippen LogP contribution in [0.1, 0.15) is 35.7 Å². The Morgan fingerprint density at radius 3 is 2.46 bits per heavy atom. The number of nitrogens with one attached hydrogen (secondary N) is 1. The maximum atomic E-state index is 12.7. The van der Waals surface area contributed by atoms with E-state index in [0.717, 1.165) is 6.07 Å². The van der Waals surface area contributed by atoms with Crippen molar-refractivity contribution in [2.24, 2.45) is 0 Å². The van der Waals surface area contributed by atoms with Gasteiger partial charge < -0.3 is 25.0 Å². The molecular formula is C21H25NO6. The molecule has 0 spiro atoms. The van der Waals surface area contributed by atoms with Crippen molar-refractivity contribution in [2.75, 3.05) is 27.4 Å². The van der Waals surface area contributed by atoms with Crippen LogP contribution in [0.3, 0.4) is 0 Å². The third-order valence-electron chi connectivity index (χ3n) is 4.47. The Morgan fingerprint density at radius 1 is 1.14 bits per heavy atom. The molecule has 0 saturated carbocycles. The first-order valence-corrected chi connectivity index (χ1v) is 8.82. The molecule has 150 valence electrons. The van der Waals surface area contributed by atoms with Gasteiger partial charge in [0.05, 0.1) is 25.2 Å². The molecule has 7 nitrogen and oxygen atoms in total. The summed E-state index contributed by atoms with van der Waals surface area (Å²) in [5, 5.41) is 23.6. The highest BCUT2D eigenvalue weighted by Gasteiger charge is 2.29. The fourth-order valence-corrected chi connectivity index (χ4v) is 3.12. The molecule has 0 aromatic heterocycles. The van der Waals surface area contributed by atoms with Crippen LogP contribution in [0.5, 0.6) is 17.2 Å². The maximum absolute atomic E-state index is 12.7. The molecule has 0 aliphatic rings. The predicted molar refractivity (Wildman–Crippen MR) is 105 cm³/mol. The van der Waals surface area contributed by atoms with Crippen LogP contribution in [-0.2, 0) is 9.53 Å². The first kappa shape index (κ1) is 21.2. The van der Waals surface area contributed by atoms with E-state index in [-0.39, 0.29) is 28.5 Å². The topological polar surface area (TPSA) is 105 Å². The van der Waals surface area contributed by atoms with Crippen LogP contribution in [0.4, 0.5) is 0 Å². The van der Waals surface area contributed by atoms with E-state index in [1.807, 2.05) is 0 Å². The van der Waals surface area contributed by atoms with Crippen molar-refractivity contribution in [1.82, 2.24) is 5.32 Å². The number of phenolic OH excluding ortho intramolecular Hbond substituents is 2. The molecule has 28 heavy (non-hydrogen) atoms. The smallest absolute Gasteiger partial charge is 0.227 e. The lowest BCUT2D eigenvalue weighted by Gasteiger charge is -2.22. The Kier molecular flexibility index (Phi) is 7.00. The second kappa shape index (κ2) is 9.23. The Labute approximate surface area is 163 Å². The molecule has 2 aromatic carbocycles. The van der Waals surface area contributed by atoms with Crippen LogP contribution in [0.15, 0.2) is 30.3 Å². The highest BCUT2D eigenvalue weighted by molar-refractivity contribution is 6.03. The number of ketones is 1. The van der Waals surface area contributed by atoms with Crippen molar-refractivity contribution >= 4 is 11.7 Å². The molecule has 0 aliphatic carbocycles. The average molecular weight is 387 g/mol. The third kappa shape index (κ3) is 4.43. The number of rotatable bonds is 8. The molecule has 1 amide bonds. The Morgan fingerprint density at radius 2 is 1.86 bits per heavy atom. The van der Waals surface area contributed by atoms with Crippen LogP contribution in [0, 0.1) is 0 Å². The first-order valence-electron chi connectivity index (χ1n) is 8.82. The lowest BCUT2D eigenvalue weighted by molar-refractivity contribution is -0.122. The summed E-state index contributed by atoms with van der Waals surface area (Å²) >= 11 is 0. The average Bonchev–Trinajstić information content (AvgIpc) is 2.66. The molecule has 1 atom stereocenters. The van der Waals surface area contributed by atoms with Crippen molar-refractivity contribution < 1.29 is 29.3 Å². The molecule has 3 N–H and O–H groups in total. The van der Waals surface area contributed by atoms with Gasteiger partial charge in [-0.2, -0.15) is 0 Å². The summed E-state index contributed by atoms with van der Waals surface area (Å²) in [7, 11) is 3.04. The zero-order valence-electron chi connectivity index (χ0n) is 16.4. The number of carbonyl (C=O) groups excluding carboxylic acids is 2. The van der Waals surface area contributed by atoms with Crippen molar-refractivity contribution in [3.8, 4) is 28.4 Å². The van der Waals surface area contributed by atoms with E-state index in [9.17, 15) is 19.8 Å². The molecule has 0 radical (unpaired) electrons. The zero-order valence-corrected chi connectivity index (χ0v) is 16.4. The monoisotopic (exact) mass is 387 g/mol. The number of hydrogen-bond acceptors (Lipinski definition) is 6. The number of hydrogen-bond donors (Lipinski definition) is 3. The van der Waals surface area contributed by atoms with Crippen molar-refractivity contribution in [3.63, 3.8) is 0 Å². The van der Waals surface area contributed by atoms with Crippen molar-refractivity contribution in [1.29, 1.82) is 0 Å². The largest absolute Gasteiger partial charge is 0.507 e. The highest BCUT2D eigenvalue weighted by Crippen LogP contribution is 2.43. The Bertz CT molecular complexity index is 877. The quantitative estimate of drug-likeness (QED) is 0.475. The molecule has 2 rings (SSSR count). The van der Waals surface area contributed by atoms with E-state index in [2.05, 4.69) is 5.32 Å². The molecule has 0 heterocycles. The van der Waals surface area contributed by atoms with E-state index in [4.69, 9.17) is 9.47 Å². The van der Waals surface area contributed by atoms with Gasteiger partial charge in [-0.25, -0.2) is 0 Å². The molecule has 0 aliphatic heterocycles. The lowest BCUT2D eigenvalue weighted by atomic mass is 9.84. The first-order chi connectivity index (χ1) is 13.3. The second-order valence-corrected chi connectivity index (χ2v) is 6.37. The standard InChI is InChI=1S/C21H25NO6/c1-12(21(26)22-8-9-27-3)18-19(13(2)23)16(24)11-17(25)20(18)14-6-5-7-15(10-14)28-4/h5-7,10-12,24-25H,8-9H2,1-4H3,(H,22,26). The Hall–Kier alpha value is -3.06. The van der Waals surface area contributed by atoms with E-state index in [1.165, 1.54) is 21.1 Å². The fraction of sp³-hybridized carbons (Fsp3) is 0.333. The van der Waals surface area contributed by atoms with Gasteiger partial charge in [0, 0.05) is 25.3 Å². The number of methoxy groups -OCH3 is 2. The molecule has 0 bridgehead atoms. The van der Waals surface area contributed by atoms with Crippen molar-refractivity contribution in [2.45, 2.75) is 19.8 Å². The van der Waals surface area contributed by atoms with Crippen LogP contribution in [0.25, 0.3) is 11.1 Å². The normalized spacial score (nSPS) is 11.7. The van der Waals surface area contributed by atoms with Gasteiger partial charge in [0.2, 0.25) is 5.91 Å². The van der Waals surface area contributed by atoms with Crippen LogP contribution in [-0.4, -0.2) is 49.3 Å². The minimum atomic E-state index is -0.810. The minimum Gasteiger partial charge on any atom is -0.507 e. The molecule has 0 saturated heterocycles. The number of benzene rings is 2. The van der Waals surface area contributed by atoms with Gasteiger partial charge in [-0.15, -0.1) is 0 Å². The number of Topliss-reactive ketones (excluding diaryl/α,β-unsaturated/α-hetero) is 1. The number of carbonyl (C=O) groups is 2. The summed E-state index contributed by atoms with van der Waals surface area (Å²) in [5.41, 5.74) is 1.13. The van der Waals surface area contributed by atoms with Gasteiger partial charge in [-0.3, -0.25) is 9.59 Å². The van der Waals surface area contributed by atoms with E-state index in [0.29, 0.717) is 30.0 Å². The molecule has 0 fully saturated rings. The maximum Gasteiger partial charge on any atom is 0.227 e. The number of aromatic hydroxyl groups is 2. The third-order valence-corrected chi connectivity index (χ3v) is 4.47. The van der Waals surface area contributed by atoms with Crippen molar-refractivity contribution in [3.05, 3.63) is 41.5 Å². The van der Waals surface area contributed by atoms with Gasteiger partial charge in [0.15, 0.2) is 5.78 Å². The number of phenols is 2. The molecule has 2 aromatic rings. The summed E-state index contributed by atoms with van der Waals surface area (Å²) in [4.78, 5) is 24.9. The minimum absolute atomic E-state index is 0.00464. The Balaban J connectivity index is 2.69. The predicted octanol–water partition coefficient (Wildman–Crippen LogP) is 2.84. The second-order valence-electron chi connectivity index (χ2n) is 6.37. The highest BCUT2D eigenvalue weighted by atomic mass is 16.5. The zero-order chi connectivity index (χ0) is 20.8. The molecular weight excluding hydrogens is 362 g/mol. The summed E-state index contributed by atoms with van der Waals surface area (Å²) in [6.45, 7) is 3.56. The summed E-state index contributed by atoms with van der Waals surface area (Å²) in [5.74, 6) is -1.63. The summed E-state index contributed by atoms with van der Waals surface area (Å²) in [6.07, 6.45) is 0. The van der Waals surface area contributed by atoms with Gasteiger partial charge in [-0.05, 0) is 37.1 Å². The van der Waals surface area contributed by atoms with Gasteiger partial charge >= 0.3 is 0 Å². The van der Waals surface area contributed by atoms with E-state index >= 15 is 0 Å². The van der Waals surface area contributed by atoms with Crippen LogP contribution < -0.4 is 10.1 Å². The summed E-state index contributed by atoms with van der Waals surface area (Å²) < 4.78 is 10.2. The van der Waals surface area contributed by atoms with Gasteiger partial charge in [0.25, 0.3) is 0 Å². The molecule has 1 unspecified atom stereocenters.